The molecule has 1 unspecified atom stereocenters. The van der Waals surface area contributed by atoms with Crippen LogP contribution in [0.5, 0.6) is 0 Å². The van der Waals surface area contributed by atoms with Crippen molar-refractivity contribution in [2.75, 3.05) is 13.1 Å². The maximum atomic E-state index is 11.4. The zero-order valence-corrected chi connectivity index (χ0v) is 12.1. The van der Waals surface area contributed by atoms with Gasteiger partial charge in [0.05, 0.1) is 0 Å². The highest BCUT2D eigenvalue weighted by molar-refractivity contribution is 5.78. The number of hydrogen-bond acceptors (Lipinski definition) is 3. The highest BCUT2D eigenvalue weighted by atomic mass is 16.6. The third kappa shape index (κ3) is 8.84. The summed E-state index contributed by atoms with van der Waals surface area (Å²) in [6.07, 6.45) is 1.11. The smallest absolute Gasteiger partial charge is 0.407 e. The first-order chi connectivity index (χ1) is 8.26. The van der Waals surface area contributed by atoms with Gasteiger partial charge in [-0.05, 0) is 33.6 Å². The lowest BCUT2D eigenvalue weighted by Crippen LogP contribution is -2.35. The van der Waals surface area contributed by atoms with E-state index in [1.54, 1.807) is 0 Å². The van der Waals surface area contributed by atoms with Crippen LogP contribution in [0, 0.1) is 5.92 Å². The number of carbonyl (C=O) groups excluding carboxylic acids is 2. The Morgan fingerprint density at radius 3 is 2.22 bits per heavy atom. The molecule has 0 aromatic rings. The minimum Gasteiger partial charge on any atom is -0.444 e. The second kappa shape index (κ2) is 7.95. The Morgan fingerprint density at radius 1 is 1.17 bits per heavy atom. The van der Waals surface area contributed by atoms with Crippen molar-refractivity contribution in [3.8, 4) is 0 Å². The Hall–Kier alpha value is -1.26. The van der Waals surface area contributed by atoms with Crippen molar-refractivity contribution < 1.29 is 14.3 Å². The molecule has 5 heteroatoms. The summed E-state index contributed by atoms with van der Waals surface area (Å²) in [5.74, 6) is 0.110. The van der Waals surface area contributed by atoms with E-state index in [4.69, 9.17) is 4.74 Å². The topological polar surface area (TPSA) is 67.4 Å². The number of nitrogens with one attached hydrogen (secondary N) is 2. The third-order valence-electron chi connectivity index (χ3n) is 2.38. The fourth-order valence-corrected chi connectivity index (χ4v) is 1.16. The van der Waals surface area contributed by atoms with E-state index in [2.05, 4.69) is 10.6 Å². The fraction of sp³-hybridized carbons (Fsp3) is 0.846. The molecule has 2 amide bonds. The van der Waals surface area contributed by atoms with Gasteiger partial charge in [0.15, 0.2) is 0 Å². The van der Waals surface area contributed by atoms with Gasteiger partial charge in [0.2, 0.25) is 5.91 Å². The molecule has 1 atom stereocenters. The number of hydrogen-bond donors (Lipinski definition) is 2. The summed E-state index contributed by atoms with van der Waals surface area (Å²) in [6, 6.07) is 0. The van der Waals surface area contributed by atoms with Crippen LogP contribution < -0.4 is 10.6 Å². The lowest BCUT2D eigenvalue weighted by Gasteiger charge is -2.19. The zero-order valence-electron chi connectivity index (χ0n) is 12.1. The van der Waals surface area contributed by atoms with Crippen LogP contribution in [0.25, 0.3) is 0 Å². The van der Waals surface area contributed by atoms with E-state index in [0.717, 1.165) is 6.42 Å². The summed E-state index contributed by atoms with van der Waals surface area (Å²) in [7, 11) is 0. The standard InChI is InChI=1S/C13H26N2O3/c1-6-10(2)11(16)14-8-7-9-15-12(17)18-13(3,4)5/h10H,6-9H2,1-5H3,(H,14,16)(H,15,17). The van der Waals surface area contributed by atoms with Crippen molar-refractivity contribution in [2.24, 2.45) is 5.92 Å². The van der Waals surface area contributed by atoms with Crippen molar-refractivity contribution >= 4 is 12.0 Å². The summed E-state index contributed by atoms with van der Waals surface area (Å²) < 4.78 is 5.08. The van der Waals surface area contributed by atoms with Crippen molar-refractivity contribution in [3.63, 3.8) is 0 Å². The minimum absolute atomic E-state index is 0.0452. The summed E-state index contributed by atoms with van der Waals surface area (Å²) in [5.41, 5.74) is -0.477. The molecule has 0 bridgehead atoms. The molecule has 0 aliphatic heterocycles. The van der Waals surface area contributed by atoms with Crippen molar-refractivity contribution in [1.29, 1.82) is 0 Å². The van der Waals surface area contributed by atoms with E-state index < -0.39 is 11.7 Å². The largest absolute Gasteiger partial charge is 0.444 e. The maximum absolute atomic E-state index is 11.4. The molecule has 0 saturated carbocycles. The third-order valence-corrected chi connectivity index (χ3v) is 2.38. The molecule has 0 saturated heterocycles. The number of amides is 2. The van der Waals surface area contributed by atoms with Gasteiger partial charge in [0.1, 0.15) is 5.60 Å². The van der Waals surface area contributed by atoms with E-state index >= 15 is 0 Å². The van der Waals surface area contributed by atoms with Crippen molar-refractivity contribution in [3.05, 3.63) is 0 Å². The van der Waals surface area contributed by atoms with Gasteiger partial charge >= 0.3 is 6.09 Å². The summed E-state index contributed by atoms with van der Waals surface area (Å²) in [6.45, 7) is 10.4. The van der Waals surface area contributed by atoms with E-state index in [1.807, 2.05) is 34.6 Å². The van der Waals surface area contributed by atoms with Gasteiger partial charge in [-0.15, -0.1) is 0 Å². The van der Waals surface area contributed by atoms with Crippen LogP contribution in [-0.4, -0.2) is 30.7 Å². The lowest BCUT2D eigenvalue weighted by atomic mass is 10.1. The number of rotatable bonds is 6. The van der Waals surface area contributed by atoms with Gasteiger partial charge in [0, 0.05) is 19.0 Å². The van der Waals surface area contributed by atoms with Gasteiger partial charge in [0.25, 0.3) is 0 Å². The Balaban J connectivity index is 3.57. The van der Waals surface area contributed by atoms with Crippen LogP contribution in [0.15, 0.2) is 0 Å². The minimum atomic E-state index is -0.477. The SMILES string of the molecule is CCC(C)C(=O)NCCCNC(=O)OC(C)(C)C. The molecule has 106 valence electrons. The summed E-state index contributed by atoms with van der Waals surface area (Å²) in [4.78, 5) is 22.7. The maximum Gasteiger partial charge on any atom is 0.407 e. The molecular formula is C13H26N2O3. The van der Waals surface area contributed by atoms with Crippen molar-refractivity contribution in [2.45, 2.75) is 53.1 Å². The molecule has 0 heterocycles. The van der Waals surface area contributed by atoms with Gasteiger partial charge in [-0.25, -0.2) is 4.79 Å². The Kier molecular flexibility index (Phi) is 7.39. The lowest BCUT2D eigenvalue weighted by molar-refractivity contribution is -0.124. The van der Waals surface area contributed by atoms with Crippen LogP contribution in [0.4, 0.5) is 4.79 Å². The van der Waals surface area contributed by atoms with E-state index in [0.29, 0.717) is 19.5 Å². The molecule has 0 aromatic carbocycles. The van der Waals surface area contributed by atoms with Gasteiger partial charge in [-0.2, -0.15) is 0 Å². The number of alkyl carbamates (subject to hydrolysis) is 1. The predicted octanol–water partition coefficient (Wildman–Crippen LogP) is 2.06. The molecule has 18 heavy (non-hydrogen) atoms. The number of carbonyl (C=O) groups is 2. The van der Waals surface area contributed by atoms with Crippen molar-refractivity contribution in [1.82, 2.24) is 10.6 Å². The van der Waals surface area contributed by atoms with Crippen LogP contribution in [-0.2, 0) is 9.53 Å². The molecule has 0 rings (SSSR count). The molecule has 0 radical (unpaired) electrons. The fourth-order valence-electron chi connectivity index (χ4n) is 1.16. The van der Waals surface area contributed by atoms with Crippen LogP contribution in [0.3, 0.4) is 0 Å². The first kappa shape index (κ1) is 16.7. The second-order valence-corrected chi connectivity index (χ2v) is 5.38. The quantitative estimate of drug-likeness (QED) is 0.717. The summed E-state index contributed by atoms with van der Waals surface area (Å²) in [5, 5.41) is 5.47. The van der Waals surface area contributed by atoms with E-state index in [1.165, 1.54) is 0 Å². The highest BCUT2D eigenvalue weighted by Crippen LogP contribution is 2.06. The van der Waals surface area contributed by atoms with Gasteiger partial charge in [-0.3, -0.25) is 4.79 Å². The molecule has 0 aliphatic carbocycles. The zero-order chi connectivity index (χ0) is 14.2. The summed E-state index contributed by atoms with van der Waals surface area (Å²) >= 11 is 0. The molecule has 0 fully saturated rings. The Morgan fingerprint density at radius 2 is 1.72 bits per heavy atom. The highest BCUT2D eigenvalue weighted by Gasteiger charge is 2.15. The second-order valence-electron chi connectivity index (χ2n) is 5.38. The number of ether oxygens (including phenoxy) is 1. The molecular weight excluding hydrogens is 232 g/mol. The normalized spacial score (nSPS) is 12.7. The average molecular weight is 258 g/mol. The van der Waals surface area contributed by atoms with Crippen LogP contribution in [0.1, 0.15) is 47.5 Å². The average Bonchev–Trinajstić information content (AvgIpc) is 2.24. The first-order valence-corrected chi connectivity index (χ1v) is 6.50. The molecule has 0 spiro atoms. The predicted molar refractivity (Wildman–Crippen MR) is 71.3 cm³/mol. The van der Waals surface area contributed by atoms with Crippen LogP contribution >= 0.6 is 0 Å². The Labute approximate surface area is 110 Å². The monoisotopic (exact) mass is 258 g/mol. The van der Waals surface area contributed by atoms with E-state index in [9.17, 15) is 9.59 Å². The van der Waals surface area contributed by atoms with Gasteiger partial charge in [-0.1, -0.05) is 13.8 Å². The molecule has 0 aromatic heterocycles. The Bertz CT molecular complexity index is 272. The first-order valence-electron chi connectivity index (χ1n) is 6.50. The molecule has 2 N–H and O–H groups in total. The van der Waals surface area contributed by atoms with Gasteiger partial charge < -0.3 is 15.4 Å². The molecule has 0 aliphatic rings. The van der Waals surface area contributed by atoms with Crippen LogP contribution in [0.2, 0.25) is 0 Å². The van der Waals surface area contributed by atoms with E-state index in [-0.39, 0.29) is 11.8 Å². The molecule has 5 nitrogen and oxygen atoms in total.